The minimum absolute atomic E-state index is 0.180. The van der Waals surface area contributed by atoms with Gasteiger partial charge in [0.25, 0.3) is 0 Å². The minimum atomic E-state index is -3.16. The molecule has 0 aliphatic carbocycles. The molecule has 0 saturated carbocycles. The molecule has 2 aliphatic heterocycles. The highest BCUT2D eigenvalue weighted by Gasteiger charge is 2.28. The third-order valence-electron chi connectivity index (χ3n) is 5.77. The number of pyridine rings is 1. The average molecular weight is 433 g/mol. The first-order valence-electron chi connectivity index (χ1n) is 10.2. The molecule has 0 radical (unpaired) electrons. The molecule has 10 heteroatoms. The van der Waals surface area contributed by atoms with Crippen molar-refractivity contribution in [3.05, 3.63) is 30.1 Å². The summed E-state index contributed by atoms with van der Waals surface area (Å²) in [5.74, 6) is 2.08. The Balaban J connectivity index is 1.69. The summed E-state index contributed by atoms with van der Waals surface area (Å²) in [5.41, 5.74) is 7.64. The smallest absolute Gasteiger partial charge is 0.211 e. The largest absolute Gasteiger partial charge is 0.384 e. The second-order valence-corrected chi connectivity index (χ2v) is 9.98. The molecule has 4 rings (SSSR count). The van der Waals surface area contributed by atoms with Gasteiger partial charge in [-0.05, 0) is 31.9 Å². The van der Waals surface area contributed by atoms with Crippen LogP contribution in [0.3, 0.4) is 0 Å². The maximum atomic E-state index is 11.9. The quantitative estimate of drug-likeness (QED) is 0.773. The van der Waals surface area contributed by atoms with E-state index in [1.807, 2.05) is 6.07 Å². The molecule has 2 aliphatic rings. The Morgan fingerprint density at radius 3 is 2.60 bits per heavy atom. The van der Waals surface area contributed by atoms with Crippen LogP contribution in [-0.2, 0) is 14.8 Å². The zero-order chi connectivity index (χ0) is 21.3. The SMILES string of the molecule is CC1COCCN1c1cc(C2CCN(S(C)(=O)=O)CC2)nc(-c2ccnc(N)c2)n1. The number of ether oxygens (including phenoxy) is 1. The number of nitrogens with two attached hydrogens (primary N) is 1. The first-order valence-corrected chi connectivity index (χ1v) is 12.1. The average Bonchev–Trinajstić information content (AvgIpc) is 2.73. The van der Waals surface area contributed by atoms with Gasteiger partial charge in [-0.15, -0.1) is 0 Å². The summed E-state index contributed by atoms with van der Waals surface area (Å²) in [6.45, 7) is 5.22. The number of nitrogen functional groups attached to an aromatic ring is 1. The molecule has 2 saturated heterocycles. The van der Waals surface area contributed by atoms with Crippen LogP contribution in [0.15, 0.2) is 24.4 Å². The van der Waals surface area contributed by atoms with Gasteiger partial charge < -0.3 is 15.4 Å². The molecule has 2 aromatic heterocycles. The number of aromatic nitrogens is 3. The Kier molecular flexibility index (Phi) is 5.90. The van der Waals surface area contributed by atoms with E-state index in [1.54, 1.807) is 16.6 Å². The van der Waals surface area contributed by atoms with Gasteiger partial charge in [-0.3, -0.25) is 0 Å². The first-order chi connectivity index (χ1) is 14.3. The number of hydrogen-bond donors (Lipinski definition) is 1. The third-order valence-corrected chi connectivity index (χ3v) is 7.08. The van der Waals surface area contributed by atoms with Gasteiger partial charge in [-0.2, -0.15) is 0 Å². The van der Waals surface area contributed by atoms with Crippen molar-refractivity contribution in [2.45, 2.75) is 31.7 Å². The molecule has 0 amide bonds. The standard InChI is InChI=1S/C20H28N6O3S/c1-14-13-29-10-9-26(14)19-12-17(15-4-7-25(8-5-15)30(2,27)28)23-20(24-19)16-3-6-22-18(21)11-16/h3,6,11-12,14-15H,4-5,7-10,13H2,1-2H3,(H2,21,22). The molecule has 1 unspecified atom stereocenters. The van der Waals surface area contributed by atoms with Crippen molar-refractivity contribution >= 4 is 21.7 Å². The van der Waals surface area contributed by atoms with E-state index >= 15 is 0 Å². The Labute approximate surface area is 177 Å². The van der Waals surface area contributed by atoms with E-state index < -0.39 is 10.0 Å². The van der Waals surface area contributed by atoms with Crippen molar-refractivity contribution in [1.82, 2.24) is 19.3 Å². The van der Waals surface area contributed by atoms with Gasteiger partial charge in [-0.1, -0.05) is 0 Å². The van der Waals surface area contributed by atoms with Crippen molar-refractivity contribution in [2.24, 2.45) is 0 Å². The van der Waals surface area contributed by atoms with E-state index in [9.17, 15) is 8.42 Å². The van der Waals surface area contributed by atoms with E-state index in [2.05, 4.69) is 22.9 Å². The van der Waals surface area contributed by atoms with Crippen molar-refractivity contribution in [3.63, 3.8) is 0 Å². The summed E-state index contributed by atoms with van der Waals surface area (Å²) in [5, 5.41) is 0. The molecule has 4 heterocycles. The Hall–Kier alpha value is -2.30. The van der Waals surface area contributed by atoms with Gasteiger partial charge >= 0.3 is 0 Å². The number of morpholine rings is 1. The maximum absolute atomic E-state index is 11.9. The van der Waals surface area contributed by atoms with E-state index in [-0.39, 0.29) is 12.0 Å². The molecular formula is C20H28N6O3S. The molecule has 0 bridgehead atoms. The van der Waals surface area contributed by atoms with Crippen molar-refractivity contribution < 1.29 is 13.2 Å². The van der Waals surface area contributed by atoms with Gasteiger partial charge in [0.1, 0.15) is 11.6 Å². The highest BCUT2D eigenvalue weighted by Crippen LogP contribution is 2.32. The highest BCUT2D eigenvalue weighted by molar-refractivity contribution is 7.88. The number of sulfonamides is 1. The normalized spacial score (nSPS) is 21.7. The number of rotatable bonds is 4. The third kappa shape index (κ3) is 4.55. The van der Waals surface area contributed by atoms with E-state index in [1.165, 1.54) is 6.26 Å². The van der Waals surface area contributed by atoms with Gasteiger partial charge in [0.15, 0.2) is 5.82 Å². The Morgan fingerprint density at radius 2 is 1.93 bits per heavy atom. The first kappa shape index (κ1) is 21.0. The van der Waals surface area contributed by atoms with Crippen LogP contribution < -0.4 is 10.6 Å². The molecule has 2 fully saturated rings. The van der Waals surface area contributed by atoms with Crippen LogP contribution in [0, 0.1) is 0 Å². The maximum Gasteiger partial charge on any atom is 0.211 e. The molecule has 0 spiro atoms. The number of anilines is 2. The van der Waals surface area contributed by atoms with Gasteiger partial charge in [0, 0.05) is 49.1 Å². The fraction of sp³-hybridized carbons (Fsp3) is 0.550. The zero-order valence-corrected chi connectivity index (χ0v) is 18.2. The number of nitrogens with zero attached hydrogens (tertiary/aromatic N) is 5. The summed E-state index contributed by atoms with van der Waals surface area (Å²) in [6, 6.07) is 5.90. The van der Waals surface area contributed by atoms with Crippen LogP contribution in [0.4, 0.5) is 11.6 Å². The zero-order valence-electron chi connectivity index (χ0n) is 17.4. The van der Waals surface area contributed by atoms with Crippen LogP contribution in [0.5, 0.6) is 0 Å². The summed E-state index contributed by atoms with van der Waals surface area (Å²) in [7, 11) is -3.16. The van der Waals surface area contributed by atoms with Crippen LogP contribution in [0.25, 0.3) is 11.4 Å². The summed E-state index contributed by atoms with van der Waals surface area (Å²) in [6.07, 6.45) is 4.39. The predicted molar refractivity (Wildman–Crippen MR) is 116 cm³/mol. The van der Waals surface area contributed by atoms with E-state index in [0.717, 1.165) is 36.5 Å². The Bertz CT molecular complexity index is 1010. The minimum Gasteiger partial charge on any atom is -0.384 e. The predicted octanol–water partition coefficient (Wildman–Crippen LogP) is 1.48. The molecule has 162 valence electrons. The van der Waals surface area contributed by atoms with Crippen LogP contribution in [0.1, 0.15) is 31.4 Å². The lowest BCUT2D eigenvalue weighted by atomic mass is 9.94. The lowest BCUT2D eigenvalue weighted by molar-refractivity contribution is 0.0985. The molecular weight excluding hydrogens is 404 g/mol. The van der Waals surface area contributed by atoms with Gasteiger partial charge in [0.2, 0.25) is 10.0 Å². The van der Waals surface area contributed by atoms with E-state index in [0.29, 0.717) is 37.9 Å². The topological polar surface area (TPSA) is 115 Å². The second kappa shape index (κ2) is 8.44. The van der Waals surface area contributed by atoms with Crippen LogP contribution in [-0.4, -0.2) is 72.8 Å². The lowest BCUT2D eigenvalue weighted by Gasteiger charge is -2.35. The second-order valence-electron chi connectivity index (χ2n) is 8.00. The number of piperidine rings is 1. The van der Waals surface area contributed by atoms with Crippen LogP contribution >= 0.6 is 0 Å². The molecule has 2 N–H and O–H groups in total. The summed E-state index contributed by atoms with van der Waals surface area (Å²) >= 11 is 0. The van der Waals surface area contributed by atoms with Crippen molar-refractivity contribution in [1.29, 1.82) is 0 Å². The van der Waals surface area contributed by atoms with Gasteiger partial charge in [0.05, 0.1) is 25.5 Å². The summed E-state index contributed by atoms with van der Waals surface area (Å²) < 4.78 is 30.8. The highest BCUT2D eigenvalue weighted by atomic mass is 32.2. The molecule has 2 aromatic rings. The Morgan fingerprint density at radius 1 is 1.17 bits per heavy atom. The van der Waals surface area contributed by atoms with Gasteiger partial charge in [-0.25, -0.2) is 27.7 Å². The molecule has 1 atom stereocenters. The summed E-state index contributed by atoms with van der Waals surface area (Å²) in [4.78, 5) is 16.0. The lowest BCUT2D eigenvalue weighted by Crippen LogP contribution is -2.44. The van der Waals surface area contributed by atoms with Crippen molar-refractivity contribution in [2.75, 3.05) is 49.7 Å². The fourth-order valence-electron chi connectivity index (χ4n) is 4.08. The number of hydrogen-bond acceptors (Lipinski definition) is 8. The van der Waals surface area contributed by atoms with E-state index in [4.69, 9.17) is 20.4 Å². The fourth-order valence-corrected chi connectivity index (χ4v) is 4.95. The molecule has 0 aromatic carbocycles. The molecule has 30 heavy (non-hydrogen) atoms. The molecule has 9 nitrogen and oxygen atoms in total. The van der Waals surface area contributed by atoms with Crippen LogP contribution in [0.2, 0.25) is 0 Å². The van der Waals surface area contributed by atoms with Crippen molar-refractivity contribution in [3.8, 4) is 11.4 Å². The monoisotopic (exact) mass is 432 g/mol.